The van der Waals surface area contributed by atoms with Gasteiger partial charge in [-0.15, -0.1) is 0 Å². The number of nitrogens with two attached hydrogens (primary N) is 1. The summed E-state index contributed by atoms with van der Waals surface area (Å²) in [5.41, 5.74) is 4.10. The van der Waals surface area contributed by atoms with Gasteiger partial charge in [0.05, 0.1) is 23.4 Å². The zero-order valence-corrected chi connectivity index (χ0v) is 17.8. The maximum absolute atomic E-state index is 12.8. The second-order valence-electron chi connectivity index (χ2n) is 7.02. The Hall–Kier alpha value is -3.32. The second kappa shape index (κ2) is 9.45. The number of hydrogen-bond donors (Lipinski definition) is 2. The van der Waals surface area contributed by atoms with E-state index in [2.05, 4.69) is 9.82 Å². The number of rotatable bonds is 8. The van der Waals surface area contributed by atoms with E-state index in [1.165, 1.54) is 0 Å². The monoisotopic (exact) mass is 423 g/mol. The summed E-state index contributed by atoms with van der Waals surface area (Å²) in [5, 5.41) is 3.50. The molecule has 3 rings (SSSR count). The summed E-state index contributed by atoms with van der Waals surface area (Å²) < 4.78 is 34.0. The smallest absolute Gasteiger partial charge is 0.262 e. The number of nitrogens with one attached hydrogen (secondary N) is 1. The number of hydrogen-bond acceptors (Lipinski definition) is 5. The van der Waals surface area contributed by atoms with Crippen molar-refractivity contribution < 1.29 is 13.2 Å². The Labute approximate surface area is 177 Å². The summed E-state index contributed by atoms with van der Waals surface area (Å²) in [7, 11) is -3.68. The molecule has 0 bridgehead atoms. The maximum atomic E-state index is 12.8. The lowest BCUT2D eigenvalue weighted by Gasteiger charge is -2.12. The van der Waals surface area contributed by atoms with E-state index in [0.29, 0.717) is 23.6 Å². The molecule has 0 aliphatic rings. The topological polar surface area (TPSA) is 93.8 Å². The minimum absolute atomic E-state index is 0.275. The SMILES string of the molecule is Cc1ccc(C)c(S(=O)(=O)Nc2cccc(OCCc3ccc(/C=N\N)cc3)c2)c1. The Kier molecular flexibility index (Phi) is 6.74. The molecule has 0 fully saturated rings. The van der Waals surface area contributed by atoms with Gasteiger partial charge in [-0.3, -0.25) is 4.72 Å². The van der Waals surface area contributed by atoms with Gasteiger partial charge in [-0.1, -0.05) is 42.5 Å². The quantitative estimate of drug-likeness (QED) is 0.325. The zero-order valence-electron chi connectivity index (χ0n) is 17.0. The van der Waals surface area contributed by atoms with Crippen molar-refractivity contribution in [2.45, 2.75) is 25.2 Å². The molecule has 3 N–H and O–H groups in total. The lowest BCUT2D eigenvalue weighted by atomic mass is 10.1. The van der Waals surface area contributed by atoms with Gasteiger partial charge in [0.25, 0.3) is 10.0 Å². The fourth-order valence-electron chi connectivity index (χ4n) is 3.00. The minimum Gasteiger partial charge on any atom is -0.493 e. The normalized spacial score (nSPS) is 11.5. The molecule has 7 heteroatoms. The second-order valence-corrected chi connectivity index (χ2v) is 8.67. The van der Waals surface area contributed by atoms with E-state index in [1.54, 1.807) is 49.5 Å². The molecule has 0 radical (unpaired) electrons. The molecule has 30 heavy (non-hydrogen) atoms. The van der Waals surface area contributed by atoms with Gasteiger partial charge in [-0.25, -0.2) is 8.42 Å². The van der Waals surface area contributed by atoms with Crippen LogP contribution in [0.4, 0.5) is 5.69 Å². The van der Waals surface area contributed by atoms with Crippen LogP contribution in [0, 0.1) is 13.8 Å². The number of nitrogens with zero attached hydrogens (tertiary/aromatic N) is 1. The highest BCUT2D eigenvalue weighted by molar-refractivity contribution is 7.92. The van der Waals surface area contributed by atoms with Crippen LogP contribution in [0.25, 0.3) is 0 Å². The predicted molar refractivity (Wildman–Crippen MR) is 121 cm³/mol. The third kappa shape index (κ3) is 5.61. The molecule has 3 aromatic rings. The first-order valence-corrected chi connectivity index (χ1v) is 11.0. The van der Waals surface area contributed by atoms with Crippen LogP contribution in [0.3, 0.4) is 0 Å². The fraction of sp³-hybridized carbons (Fsp3) is 0.174. The molecule has 0 amide bonds. The number of ether oxygens (including phenoxy) is 1. The lowest BCUT2D eigenvalue weighted by Crippen LogP contribution is -2.14. The van der Waals surface area contributed by atoms with Crippen molar-refractivity contribution in [3.63, 3.8) is 0 Å². The Morgan fingerprint density at radius 3 is 2.53 bits per heavy atom. The van der Waals surface area contributed by atoms with E-state index in [0.717, 1.165) is 23.1 Å². The zero-order chi connectivity index (χ0) is 21.6. The molecular formula is C23H25N3O3S. The first-order valence-electron chi connectivity index (χ1n) is 9.52. The highest BCUT2D eigenvalue weighted by Crippen LogP contribution is 2.23. The van der Waals surface area contributed by atoms with E-state index < -0.39 is 10.0 Å². The lowest BCUT2D eigenvalue weighted by molar-refractivity contribution is 0.322. The van der Waals surface area contributed by atoms with E-state index >= 15 is 0 Å². The third-order valence-corrected chi connectivity index (χ3v) is 6.11. The highest BCUT2D eigenvalue weighted by atomic mass is 32.2. The number of benzene rings is 3. The summed E-state index contributed by atoms with van der Waals surface area (Å²) in [6.45, 7) is 4.12. The van der Waals surface area contributed by atoms with Crippen molar-refractivity contribution in [3.8, 4) is 5.75 Å². The molecule has 0 spiro atoms. The van der Waals surface area contributed by atoms with Crippen LogP contribution in [0.2, 0.25) is 0 Å². The summed E-state index contributed by atoms with van der Waals surface area (Å²) in [6.07, 6.45) is 2.31. The van der Waals surface area contributed by atoms with Crippen molar-refractivity contribution in [1.82, 2.24) is 0 Å². The van der Waals surface area contributed by atoms with Crippen LogP contribution in [0.5, 0.6) is 5.75 Å². The van der Waals surface area contributed by atoms with Gasteiger partial charge in [-0.05, 0) is 54.3 Å². The third-order valence-electron chi connectivity index (χ3n) is 4.58. The molecular weight excluding hydrogens is 398 g/mol. The van der Waals surface area contributed by atoms with Gasteiger partial charge in [0.2, 0.25) is 0 Å². The van der Waals surface area contributed by atoms with Crippen LogP contribution < -0.4 is 15.3 Å². The van der Waals surface area contributed by atoms with Gasteiger partial charge < -0.3 is 10.6 Å². The highest BCUT2D eigenvalue weighted by Gasteiger charge is 2.17. The number of anilines is 1. The Balaban J connectivity index is 1.63. The molecule has 0 heterocycles. The largest absolute Gasteiger partial charge is 0.493 e. The Morgan fingerprint density at radius 1 is 1.03 bits per heavy atom. The molecule has 0 atom stereocenters. The number of aryl methyl sites for hydroxylation is 2. The first kappa shape index (κ1) is 21.4. The van der Waals surface area contributed by atoms with E-state index in [1.807, 2.05) is 37.3 Å². The van der Waals surface area contributed by atoms with Gasteiger partial charge in [0.15, 0.2) is 0 Å². The molecule has 0 unspecified atom stereocenters. The van der Waals surface area contributed by atoms with Gasteiger partial charge in [-0.2, -0.15) is 5.10 Å². The molecule has 156 valence electrons. The average molecular weight is 424 g/mol. The molecule has 3 aromatic carbocycles. The molecule has 0 aliphatic heterocycles. The number of sulfonamides is 1. The first-order chi connectivity index (χ1) is 14.4. The van der Waals surface area contributed by atoms with E-state index in [9.17, 15) is 8.42 Å². The van der Waals surface area contributed by atoms with Gasteiger partial charge in [0.1, 0.15) is 5.75 Å². The van der Waals surface area contributed by atoms with Crippen molar-refractivity contribution in [3.05, 3.63) is 89.0 Å². The summed E-state index contributed by atoms with van der Waals surface area (Å²) in [5.74, 6) is 5.75. The Bertz CT molecular complexity index is 1140. The van der Waals surface area contributed by atoms with Crippen molar-refractivity contribution in [1.29, 1.82) is 0 Å². The van der Waals surface area contributed by atoms with Crippen molar-refractivity contribution in [2.75, 3.05) is 11.3 Å². The van der Waals surface area contributed by atoms with Crippen molar-refractivity contribution >= 4 is 21.9 Å². The van der Waals surface area contributed by atoms with Crippen LogP contribution in [0.15, 0.2) is 76.7 Å². The molecule has 0 aliphatic carbocycles. The van der Waals surface area contributed by atoms with Gasteiger partial charge >= 0.3 is 0 Å². The summed E-state index contributed by atoms with van der Waals surface area (Å²) in [6, 6.07) is 20.2. The van der Waals surface area contributed by atoms with E-state index in [-0.39, 0.29) is 4.90 Å². The summed E-state index contributed by atoms with van der Waals surface area (Å²) >= 11 is 0. The van der Waals surface area contributed by atoms with Crippen LogP contribution >= 0.6 is 0 Å². The minimum atomic E-state index is -3.68. The standard InChI is InChI=1S/C23H25N3O3S/c1-17-6-7-18(2)23(14-17)30(27,28)26-21-4-3-5-22(15-21)29-13-12-19-8-10-20(11-9-19)16-25-24/h3-11,14-16,26H,12-13,24H2,1-2H3/b25-16-. The summed E-state index contributed by atoms with van der Waals surface area (Å²) in [4.78, 5) is 0.275. The van der Waals surface area contributed by atoms with Crippen molar-refractivity contribution in [2.24, 2.45) is 10.9 Å². The molecule has 0 saturated heterocycles. The molecule has 0 aromatic heterocycles. The van der Waals surface area contributed by atoms with E-state index in [4.69, 9.17) is 10.6 Å². The predicted octanol–water partition coefficient (Wildman–Crippen LogP) is 4.02. The van der Waals surface area contributed by atoms with Crippen LogP contribution in [-0.4, -0.2) is 21.2 Å². The molecule has 6 nitrogen and oxygen atoms in total. The van der Waals surface area contributed by atoms with Crippen LogP contribution in [-0.2, 0) is 16.4 Å². The Morgan fingerprint density at radius 2 is 1.80 bits per heavy atom. The number of hydrazone groups is 1. The van der Waals surface area contributed by atoms with Gasteiger partial charge in [0, 0.05) is 12.5 Å². The van der Waals surface area contributed by atoms with Crippen LogP contribution in [0.1, 0.15) is 22.3 Å². The molecule has 0 saturated carbocycles. The average Bonchev–Trinajstić information content (AvgIpc) is 2.71. The maximum Gasteiger partial charge on any atom is 0.262 e. The fourth-order valence-corrected chi connectivity index (χ4v) is 4.38.